The second-order valence-corrected chi connectivity index (χ2v) is 5.13. The molecule has 98 valence electrons. The molecule has 1 aromatic rings. The molecule has 1 N–H and O–H groups in total. The van der Waals surface area contributed by atoms with E-state index < -0.39 is 0 Å². The lowest BCUT2D eigenvalue weighted by Gasteiger charge is -2.34. The lowest BCUT2D eigenvalue weighted by molar-refractivity contribution is -0.380. The molecule has 1 aliphatic rings. The lowest BCUT2D eigenvalue weighted by atomic mass is 10.1. The number of nitrogens with one attached hydrogen (secondary N) is 1. The van der Waals surface area contributed by atoms with Gasteiger partial charge in [0.2, 0.25) is 5.91 Å². The van der Waals surface area contributed by atoms with E-state index in [2.05, 4.69) is 10.2 Å². The van der Waals surface area contributed by atoms with E-state index in [1.807, 2.05) is 6.92 Å². The number of nitrogens with zero attached hydrogens (tertiary/aromatic N) is 2. The van der Waals surface area contributed by atoms with Crippen LogP contribution in [0.25, 0.3) is 0 Å². The Kier molecular flexibility index (Phi) is 3.93. The molecule has 0 aromatic carbocycles. The fourth-order valence-electron chi connectivity index (χ4n) is 2.17. The van der Waals surface area contributed by atoms with Crippen LogP contribution in [0.5, 0.6) is 0 Å². The first kappa shape index (κ1) is 13.0. The Hall–Kier alpha value is -1.47. The van der Waals surface area contributed by atoms with Crippen LogP contribution in [0.3, 0.4) is 0 Å². The number of carbonyl (C=O) groups is 1. The molecule has 1 amide bonds. The van der Waals surface area contributed by atoms with Crippen molar-refractivity contribution in [2.24, 2.45) is 0 Å². The largest absolute Gasteiger partial charge is 0.353 e. The van der Waals surface area contributed by atoms with Gasteiger partial charge in [0, 0.05) is 31.1 Å². The minimum absolute atomic E-state index is 0.0495. The predicted molar refractivity (Wildman–Crippen MR) is 68.5 cm³/mol. The molecule has 2 rings (SSSR count). The molecule has 0 bridgehead atoms. The molecule has 0 unspecified atom stereocenters. The fourth-order valence-corrected chi connectivity index (χ4v) is 2.89. The Morgan fingerprint density at radius 1 is 1.67 bits per heavy atom. The third kappa shape index (κ3) is 2.68. The van der Waals surface area contributed by atoms with Gasteiger partial charge < -0.3 is 5.32 Å². The number of hydrogen-bond donors (Lipinski definition) is 1. The van der Waals surface area contributed by atoms with E-state index in [9.17, 15) is 14.9 Å². The van der Waals surface area contributed by atoms with E-state index in [0.717, 1.165) is 29.9 Å². The molecule has 6 nitrogen and oxygen atoms in total. The van der Waals surface area contributed by atoms with Gasteiger partial charge in [0.1, 0.15) is 0 Å². The van der Waals surface area contributed by atoms with E-state index in [0.29, 0.717) is 13.1 Å². The summed E-state index contributed by atoms with van der Waals surface area (Å²) in [5.74, 6) is 0.0495. The maximum absolute atomic E-state index is 11.7. The summed E-state index contributed by atoms with van der Waals surface area (Å²) >= 11 is 1.13. The standard InChI is InChI=1S/C11H15N3O3S/c1-2-9-11(15)12-3-4-13(9)6-8-5-10(14(16)17)18-7-8/h5,7,9H,2-4,6H2,1H3,(H,12,15)/t9-/m1/s1. The van der Waals surface area contributed by atoms with Gasteiger partial charge in [-0.05, 0) is 12.0 Å². The molecule has 7 heteroatoms. The van der Waals surface area contributed by atoms with Gasteiger partial charge in [0.25, 0.3) is 0 Å². The fraction of sp³-hybridized carbons (Fsp3) is 0.545. The van der Waals surface area contributed by atoms with Gasteiger partial charge in [0.05, 0.1) is 11.0 Å². The Balaban J connectivity index is 2.06. The maximum Gasteiger partial charge on any atom is 0.324 e. The van der Waals surface area contributed by atoms with Crippen molar-refractivity contribution in [2.75, 3.05) is 13.1 Å². The number of thiophene rings is 1. The summed E-state index contributed by atoms with van der Waals surface area (Å²) in [6.45, 7) is 3.99. The molecule has 1 atom stereocenters. The minimum atomic E-state index is -0.381. The molecule has 1 aliphatic heterocycles. The Morgan fingerprint density at radius 2 is 2.44 bits per heavy atom. The molecule has 0 saturated carbocycles. The molecule has 0 aliphatic carbocycles. The van der Waals surface area contributed by atoms with Crippen LogP contribution in [-0.2, 0) is 11.3 Å². The maximum atomic E-state index is 11.7. The topological polar surface area (TPSA) is 75.5 Å². The smallest absolute Gasteiger partial charge is 0.324 e. The van der Waals surface area contributed by atoms with Crippen LogP contribution in [0.15, 0.2) is 11.4 Å². The highest BCUT2D eigenvalue weighted by Crippen LogP contribution is 2.24. The van der Waals surface area contributed by atoms with Gasteiger partial charge in [-0.1, -0.05) is 18.3 Å². The summed E-state index contributed by atoms with van der Waals surface area (Å²) in [7, 11) is 0. The number of nitro groups is 1. The van der Waals surface area contributed by atoms with Crippen molar-refractivity contribution in [2.45, 2.75) is 25.9 Å². The molecule has 0 spiro atoms. The van der Waals surface area contributed by atoms with E-state index >= 15 is 0 Å². The molecule has 2 heterocycles. The lowest BCUT2D eigenvalue weighted by Crippen LogP contribution is -2.54. The second-order valence-electron chi connectivity index (χ2n) is 4.24. The summed E-state index contributed by atoms with van der Waals surface area (Å²) in [6, 6.07) is 1.46. The highest BCUT2D eigenvalue weighted by Gasteiger charge is 2.28. The highest BCUT2D eigenvalue weighted by molar-refractivity contribution is 7.13. The minimum Gasteiger partial charge on any atom is -0.353 e. The second kappa shape index (κ2) is 5.45. The molecule has 1 saturated heterocycles. The summed E-state index contributed by atoms with van der Waals surface area (Å²) in [4.78, 5) is 24.0. The Labute approximate surface area is 109 Å². The van der Waals surface area contributed by atoms with Crippen LogP contribution in [0, 0.1) is 10.1 Å². The number of amides is 1. The number of carbonyl (C=O) groups excluding carboxylic acids is 1. The Morgan fingerprint density at radius 3 is 3.06 bits per heavy atom. The third-order valence-electron chi connectivity index (χ3n) is 3.03. The van der Waals surface area contributed by atoms with Crippen LogP contribution in [-0.4, -0.2) is 34.9 Å². The first-order chi connectivity index (χ1) is 8.61. The molecule has 0 radical (unpaired) electrons. The molecular formula is C11H15N3O3S. The molecule has 1 aromatic heterocycles. The zero-order valence-electron chi connectivity index (χ0n) is 10.1. The molecule has 18 heavy (non-hydrogen) atoms. The van der Waals surface area contributed by atoms with Gasteiger partial charge in [0.15, 0.2) is 0 Å². The average Bonchev–Trinajstić information content (AvgIpc) is 2.78. The first-order valence-electron chi connectivity index (χ1n) is 5.85. The molecule has 1 fully saturated rings. The average molecular weight is 269 g/mol. The third-order valence-corrected chi connectivity index (χ3v) is 3.96. The summed E-state index contributed by atoms with van der Waals surface area (Å²) in [6.07, 6.45) is 0.748. The van der Waals surface area contributed by atoms with Gasteiger partial charge in [-0.3, -0.25) is 19.8 Å². The van der Waals surface area contributed by atoms with Crippen molar-refractivity contribution in [3.8, 4) is 0 Å². The van der Waals surface area contributed by atoms with Gasteiger partial charge >= 0.3 is 5.00 Å². The number of hydrogen-bond acceptors (Lipinski definition) is 5. The predicted octanol–water partition coefficient (Wildman–Crippen LogP) is 1.37. The summed E-state index contributed by atoms with van der Waals surface area (Å²) in [5, 5.41) is 15.4. The summed E-state index contributed by atoms with van der Waals surface area (Å²) < 4.78 is 0. The summed E-state index contributed by atoms with van der Waals surface area (Å²) in [5.41, 5.74) is 0.903. The van der Waals surface area contributed by atoms with E-state index in [1.54, 1.807) is 11.4 Å². The SMILES string of the molecule is CC[C@@H]1C(=O)NCCN1Cc1csc([N+](=O)[O-])c1. The van der Waals surface area contributed by atoms with Crippen LogP contribution < -0.4 is 5.32 Å². The van der Waals surface area contributed by atoms with Gasteiger partial charge in [-0.2, -0.15) is 0 Å². The van der Waals surface area contributed by atoms with E-state index in [4.69, 9.17) is 0 Å². The Bertz CT molecular complexity index is 460. The number of rotatable bonds is 4. The van der Waals surface area contributed by atoms with Crippen molar-refractivity contribution in [3.63, 3.8) is 0 Å². The van der Waals surface area contributed by atoms with Gasteiger partial charge in [-0.25, -0.2) is 0 Å². The van der Waals surface area contributed by atoms with Crippen molar-refractivity contribution in [1.82, 2.24) is 10.2 Å². The van der Waals surface area contributed by atoms with Crippen molar-refractivity contribution in [1.29, 1.82) is 0 Å². The monoisotopic (exact) mass is 269 g/mol. The van der Waals surface area contributed by atoms with Crippen molar-refractivity contribution < 1.29 is 9.72 Å². The molecular weight excluding hydrogens is 254 g/mol. The van der Waals surface area contributed by atoms with Crippen molar-refractivity contribution in [3.05, 3.63) is 27.1 Å². The van der Waals surface area contributed by atoms with Crippen LogP contribution in [0.2, 0.25) is 0 Å². The zero-order valence-corrected chi connectivity index (χ0v) is 10.9. The highest BCUT2D eigenvalue weighted by atomic mass is 32.1. The van der Waals surface area contributed by atoms with E-state index in [-0.39, 0.29) is 21.9 Å². The quantitative estimate of drug-likeness (QED) is 0.661. The van der Waals surface area contributed by atoms with Crippen LogP contribution in [0.4, 0.5) is 5.00 Å². The number of piperazine rings is 1. The van der Waals surface area contributed by atoms with Crippen LogP contribution >= 0.6 is 11.3 Å². The van der Waals surface area contributed by atoms with Crippen LogP contribution in [0.1, 0.15) is 18.9 Å². The first-order valence-corrected chi connectivity index (χ1v) is 6.73. The normalized spacial score (nSPS) is 20.7. The van der Waals surface area contributed by atoms with E-state index in [1.165, 1.54) is 0 Å². The van der Waals surface area contributed by atoms with Crippen molar-refractivity contribution >= 4 is 22.2 Å². The zero-order chi connectivity index (χ0) is 13.1. The van der Waals surface area contributed by atoms with Gasteiger partial charge in [-0.15, -0.1) is 0 Å².